The molecule has 0 aliphatic rings. The zero-order chi connectivity index (χ0) is 12.7. The fourth-order valence-corrected chi connectivity index (χ4v) is 1.23. The molecule has 1 heterocycles. The van der Waals surface area contributed by atoms with E-state index in [1.165, 1.54) is 0 Å². The highest BCUT2D eigenvalue weighted by Gasteiger charge is 2.11. The minimum absolute atomic E-state index is 0.0827. The highest BCUT2D eigenvalue weighted by molar-refractivity contribution is 5.84. The summed E-state index contributed by atoms with van der Waals surface area (Å²) in [7, 11) is 1.56. The molecule has 0 saturated heterocycles. The summed E-state index contributed by atoms with van der Waals surface area (Å²) in [5.74, 6) is 0.458. The molecule has 0 aromatic carbocycles. The van der Waals surface area contributed by atoms with Crippen LogP contribution in [-0.2, 0) is 4.79 Å². The Morgan fingerprint density at radius 2 is 2.41 bits per heavy atom. The third-order valence-corrected chi connectivity index (χ3v) is 2.14. The Bertz CT molecular complexity index is 376. The van der Waals surface area contributed by atoms with E-state index in [2.05, 4.69) is 22.2 Å². The van der Waals surface area contributed by atoms with Gasteiger partial charge < -0.3 is 15.4 Å². The van der Waals surface area contributed by atoms with Crippen LogP contribution in [0.4, 0.5) is 5.69 Å². The van der Waals surface area contributed by atoms with Crippen LogP contribution < -0.4 is 15.4 Å². The first-order chi connectivity index (χ1) is 8.17. The molecule has 1 atom stereocenters. The zero-order valence-corrected chi connectivity index (χ0v) is 10.1. The maximum absolute atomic E-state index is 11.6. The molecule has 1 aromatic rings. The quantitative estimate of drug-likeness (QED) is 0.727. The van der Waals surface area contributed by atoms with E-state index in [0.29, 0.717) is 12.4 Å². The second kappa shape index (κ2) is 6.52. The van der Waals surface area contributed by atoms with Gasteiger partial charge in [0.15, 0.2) is 0 Å². The zero-order valence-electron chi connectivity index (χ0n) is 10.1. The molecule has 5 nitrogen and oxygen atoms in total. The highest BCUT2D eigenvalue weighted by Crippen LogP contribution is 2.11. The van der Waals surface area contributed by atoms with E-state index in [0.717, 1.165) is 5.69 Å². The third-order valence-electron chi connectivity index (χ3n) is 2.14. The van der Waals surface area contributed by atoms with Gasteiger partial charge in [0.2, 0.25) is 11.8 Å². The summed E-state index contributed by atoms with van der Waals surface area (Å²) in [5, 5.41) is 5.75. The molecule has 0 saturated carbocycles. The molecule has 1 unspecified atom stereocenters. The Labute approximate surface area is 101 Å². The van der Waals surface area contributed by atoms with Crippen LogP contribution in [0.2, 0.25) is 0 Å². The number of carbonyl (C=O) groups excluding carboxylic acids is 1. The first kappa shape index (κ1) is 13.0. The van der Waals surface area contributed by atoms with E-state index < -0.39 is 0 Å². The van der Waals surface area contributed by atoms with Crippen molar-refractivity contribution in [2.75, 3.05) is 19.0 Å². The minimum atomic E-state index is -0.329. The topological polar surface area (TPSA) is 63.2 Å². The average molecular weight is 235 g/mol. The molecule has 0 aliphatic heterocycles. The number of hydrogen-bond acceptors (Lipinski definition) is 4. The van der Waals surface area contributed by atoms with Gasteiger partial charge in [-0.1, -0.05) is 6.08 Å². The summed E-state index contributed by atoms with van der Waals surface area (Å²) >= 11 is 0. The number of anilines is 1. The van der Waals surface area contributed by atoms with Gasteiger partial charge in [-0.3, -0.25) is 4.79 Å². The smallest absolute Gasteiger partial charge is 0.242 e. The number of aromatic nitrogens is 1. The summed E-state index contributed by atoms with van der Waals surface area (Å²) in [6.45, 7) is 5.78. The Morgan fingerprint density at radius 1 is 1.65 bits per heavy atom. The van der Waals surface area contributed by atoms with E-state index in [1.54, 1.807) is 32.4 Å². The molecule has 2 N–H and O–H groups in total. The lowest BCUT2D eigenvalue weighted by atomic mass is 10.3. The first-order valence-electron chi connectivity index (χ1n) is 5.32. The number of hydrogen-bond donors (Lipinski definition) is 2. The molecule has 92 valence electrons. The maximum atomic E-state index is 11.6. The second-order valence-electron chi connectivity index (χ2n) is 3.49. The number of nitrogens with zero attached hydrogens (tertiary/aromatic N) is 1. The summed E-state index contributed by atoms with van der Waals surface area (Å²) < 4.78 is 4.95. The van der Waals surface area contributed by atoms with Crippen molar-refractivity contribution < 1.29 is 9.53 Å². The lowest BCUT2D eigenvalue weighted by Crippen LogP contribution is -2.37. The number of methoxy groups -OCH3 is 1. The molecular formula is C12H17N3O2. The van der Waals surface area contributed by atoms with Gasteiger partial charge in [0, 0.05) is 12.6 Å². The molecule has 5 heteroatoms. The average Bonchev–Trinajstić information content (AvgIpc) is 2.36. The van der Waals surface area contributed by atoms with E-state index in [4.69, 9.17) is 4.74 Å². The van der Waals surface area contributed by atoms with Crippen LogP contribution in [-0.4, -0.2) is 30.6 Å². The van der Waals surface area contributed by atoms with Gasteiger partial charge in [-0.15, -0.1) is 6.58 Å². The lowest BCUT2D eigenvalue weighted by Gasteiger charge is -2.14. The summed E-state index contributed by atoms with van der Waals surface area (Å²) in [5.41, 5.74) is 0.770. The predicted molar refractivity (Wildman–Crippen MR) is 67.1 cm³/mol. The van der Waals surface area contributed by atoms with Crippen LogP contribution in [0.5, 0.6) is 5.88 Å². The normalized spacial score (nSPS) is 11.4. The molecule has 0 radical (unpaired) electrons. The van der Waals surface area contributed by atoms with Crippen molar-refractivity contribution >= 4 is 11.6 Å². The van der Waals surface area contributed by atoms with E-state index >= 15 is 0 Å². The van der Waals surface area contributed by atoms with Crippen LogP contribution in [0.3, 0.4) is 0 Å². The summed E-state index contributed by atoms with van der Waals surface area (Å²) in [4.78, 5) is 15.6. The fraction of sp³-hybridized carbons (Fsp3) is 0.333. The van der Waals surface area contributed by atoms with E-state index in [1.807, 2.05) is 6.07 Å². The van der Waals surface area contributed by atoms with Gasteiger partial charge in [-0.25, -0.2) is 4.98 Å². The first-order valence-corrected chi connectivity index (χ1v) is 5.32. The maximum Gasteiger partial charge on any atom is 0.242 e. The molecule has 0 fully saturated rings. The SMILES string of the molecule is C=CCNC(=O)C(C)Nc1ccc(OC)nc1. The molecule has 0 aliphatic carbocycles. The monoisotopic (exact) mass is 235 g/mol. The van der Waals surface area contributed by atoms with Gasteiger partial charge in [-0.2, -0.15) is 0 Å². The largest absolute Gasteiger partial charge is 0.481 e. The van der Waals surface area contributed by atoms with E-state index in [9.17, 15) is 4.79 Å². The lowest BCUT2D eigenvalue weighted by molar-refractivity contribution is -0.121. The number of pyridine rings is 1. The second-order valence-corrected chi connectivity index (χ2v) is 3.49. The standard InChI is InChI=1S/C12H17N3O2/c1-4-7-13-12(16)9(2)15-10-5-6-11(17-3)14-8-10/h4-6,8-9,15H,1,7H2,2-3H3,(H,13,16). The van der Waals surface area contributed by atoms with Crippen LogP contribution in [0, 0.1) is 0 Å². The third kappa shape index (κ3) is 4.14. The van der Waals surface area contributed by atoms with Gasteiger partial charge in [-0.05, 0) is 13.0 Å². The molecule has 0 spiro atoms. The van der Waals surface area contributed by atoms with Crippen molar-refractivity contribution in [3.8, 4) is 5.88 Å². The van der Waals surface area contributed by atoms with Crippen molar-refractivity contribution in [1.82, 2.24) is 10.3 Å². The van der Waals surface area contributed by atoms with Crippen molar-refractivity contribution in [3.63, 3.8) is 0 Å². The van der Waals surface area contributed by atoms with Gasteiger partial charge in [0.05, 0.1) is 19.0 Å². The number of carbonyl (C=O) groups is 1. The number of rotatable bonds is 6. The van der Waals surface area contributed by atoms with Crippen LogP contribution >= 0.6 is 0 Å². The van der Waals surface area contributed by atoms with Crippen LogP contribution in [0.1, 0.15) is 6.92 Å². The van der Waals surface area contributed by atoms with Crippen LogP contribution in [0.15, 0.2) is 31.0 Å². The van der Waals surface area contributed by atoms with Crippen molar-refractivity contribution in [2.45, 2.75) is 13.0 Å². The molecule has 1 amide bonds. The van der Waals surface area contributed by atoms with Crippen molar-refractivity contribution in [2.24, 2.45) is 0 Å². The van der Waals surface area contributed by atoms with Crippen molar-refractivity contribution in [1.29, 1.82) is 0 Å². The summed E-state index contributed by atoms with van der Waals surface area (Å²) in [6, 6.07) is 3.21. The van der Waals surface area contributed by atoms with Crippen LogP contribution in [0.25, 0.3) is 0 Å². The van der Waals surface area contributed by atoms with E-state index in [-0.39, 0.29) is 11.9 Å². The predicted octanol–water partition coefficient (Wildman–Crippen LogP) is 1.19. The molecule has 0 bridgehead atoms. The molecular weight excluding hydrogens is 218 g/mol. The summed E-state index contributed by atoms with van der Waals surface area (Å²) in [6.07, 6.45) is 3.26. The van der Waals surface area contributed by atoms with Gasteiger partial charge in [0.25, 0.3) is 0 Å². The van der Waals surface area contributed by atoms with Crippen molar-refractivity contribution in [3.05, 3.63) is 31.0 Å². The Kier molecular flexibility index (Phi) is 5.00. The minimum Gasteiger partial charge on any atom is -0.481 e. The van der Waals surface area contributed by atoms with Gasteiger partial charge >= 0.3 is 0 Å². The fourth-order valence-electron chi connectivity index (χ4n) is 1.23. The number of nitrogens with one attached hydrogen (secondary N) is 2. The molecule has 1 rings (SSSR count). The Balaban J connectivity index is 2.51. The van der Waals surface area contributed by atoms with Gasteiger partial charge in [0.1, 0.15) is 6.04 Å². The number of ether oxygens (including phenoxy) is 1. The Morgan fingerprint density at radius 3 is 2.94 bits per heavy atom. The molecule has 1 aromatic heterocycles. The highest BCUT2D eigenvalue weighted by atomic mass is 16.5. The Hall–Kier alpha value is -2.04. The number of amides is 1. The molecule has 17 heavy (non-hydrogen) atoms.